The number of ether oxygens (including phenoxy) is 5. The van der Waals surface area contributed by atoms with E-state index in [9.17, 15) is 14.7 Å². The Labute approximate surface area is 255 Å². The molecule has 1 aliphatic rings. The number of rotatable bonds is 14. The molecule has 1 aliphatic heterocycles. The summed E-state index contributed by atoms with van der Waals surface area (Å²) in [6.45, 7) is 4.04. The summed E-state index contributed by atoms with van der Waals surface area (Å²) in [5.74, 6) is 1.31. The number of nitrogens with one attached hydrogen (secondary N) is 3. The number of carbonyl (C=O) groups excluding carboxylic acids is 2. The Bertz CT molecular complexity index is 1510. The van der Waals surface area contributed by atoms with Gasteiger partial charge in [-0.2, -0.15) is 5.10 Å². The average Bonchev–Trinajstić information content (AvgIpc) is 3.03. The second-order valence-corrected chi connectivity index (χ2v) is 9.60. The van der Waals surface area contributed by atoms with Gasteiger partial charge in [-0.25, -0.2) is 9.59 Å². The van der Waals surface area contributed by atoms with Gasteiger partial charge in [0.1, 0.15) is 13.2 Å². The SMILES string of the molecule is CCOc1cc([C@H]2NC(=O)NC(C)=C2C(=O)OC)ccc1OC[C@@H](O)N/N=C\c1ccc(OCc2ccccc2)c(OC)c1. The standard InChI is InChI=1S/C32H36N4O8/c1-5-42-27-16-23(30-29(31(38)41-4)20(2)34-32(39)35-30)12-14-25(27)44-19-28(37)36-33-17-22-11-13-24(26(15-22)40-3)43-18-21-9-7-6-8-10-21/h6-17,28,30,36-37H,5,18-19H2,1-4H3,(H2,34,35,39)/b33-17-/t28-,30-/m1/s1. The zero-order valence-corrected chi connectivity index (χ0v) is 25.0. The molecule has 232 valence electrons. The molecule has 0 aromatic heterocycles. The van der Waals surface area contributed by atoms with Crippen LogP contribution in [0.2, 0.25) is 0 Å². The molecule has 12 heteroatoms. The number of methoxy groups -OCH3 is 2. The minimum atomic E-state index is -1.14. The van der Waals surface area contributed by atoms with Crippen molar-refractivity contribution in [3.05, 3.63) is 94.7 Å². The average molecular weight is 605 g/mol. The molecule has 2 atom stereocenters. The van der Waals surface area contributed by atoms with Crippen molar-refractivity contribution < 1.29 is 38.4 Å². The number of hydrogen-bond donors (Lipinski definition) is 4. The van der Waals surface area contributed by atoms with Crippen molar-refractivity contribution in [1.82, 2.24) is 16.1 Å². The molecule has 12 nitrogen and oxygen atoms in total. The third-order valence-corrected chi connectivity index (χ3v) is 6.53. The van der Waals surface area contributed by atoms with Crippen LogP contribution in [0.3, 0.4) is 0 Å². The van der Waals surface area contributed by atoms with Crippen LogP contribution in [0.1, 0.15) is 36.6 Å². The molecule has 0 unspecified atom stereocenters. The number of hydrogen-bond acceptors (Lipinski definition) is 10. The maximum absolute atomic E-state index is 12.4. The molecule has 4 rings (SSSR count). The Balaban J connectivity index is 1.36. The Kier molecular flexibility index (Phi) is 11.0. The van der Waals surface area contributed by atoms with Gasteiger partial charge in [-0.3, -0.25) is 5.43 Å². The van der Waals surface area contributed by atoms with Crippen LogP contribution in [-0.2, 0) is 16.1 Å². The first-order valence-corrected chi connectivity index (χ1v) is 13.9. The lowest BCUT2D eigenvalue weighted by atomic mass is 9.95. The first-order chi connectivity index (χ1) is 21.3. The lowest BCUT2D eigenvalue weighted by molar-refractivity contribution is -0.136. The number of hydrazone groups is 1. The van der Waals surface area contributed by atoms with Gasteiger partial charge in [0.05, 0.1) is 38.7 Å². The molecule has 2 amide bonds. The molecule has 44 heavy (non-hydrogen) atoms. The number of allylic oxidation sites excluding steroid dienone is 1. The molecule has 3 aromatic carbocycles. The lowest BCUT2D eigenvalue weighted by Gasteiger charge is -2.28. The van der Waals surface area contributed by atoms with Gasteiger partial charge < -0.3 is 39.4 Å². The highest BCUT2D eigenvalue weighted by Crippen LogP contribution is 2.35. The number of carbonyl (C=O) groups is 2. The molecular weight excluding hydrogens is 568 g/mol. The van der Waals surface area contributed by atoms with Crippen LogP contribution in [-0.4, -0.2) is 57.0 Å². The van der Waals surface area contributed by atoms with E-state index < -0.39 is 24.3 Å². The van der Waals surface area contributed by atoms with Gasteiger partial charge in [0.25, 0.3) is 0 Å². The quantitative estimate of drug-likeness (QED) is 0.0933. The molecule has 0 spiro atoms. The Morgan fingerprint density at radius 3 is 2.48 bits per heavy atom. The number of urea groups is 1. The fourth-order valence-electron chi connectivity index (χ4n) is 4.44. The van der Waals surface area contributed by atoms with Crippen molar-refractivity contribution in [3.8, 4) is 23.0 Å². The molecule has 0 bridgehead atoms. The van der Waals surface area contributed by atoms with Crippen molar-refractivity contribution >= 4 is 18.2 Å². The van der Waals surface area contributed by atoms with Crippen LogP contribution in [0.15, 0.2) is 83.1 Å². The summed E-state index contributed by atoms with van der Waals surface area (Å²) in [4.78, 5) is 24.6. The lowest BCUT2D eigenvalue weighted by Crippen LogP contribution is -2.45. The molecular formula is C32H36N4O8. The summed E-state index contributed by atoms with van der Waals surface area (Å²) in [5.41, 5.74) is 5.64. The van der Waals surface area contributed by atoms with Crippen molar-refractivity contribution in [2.24, 2.45) is 5.10 Å². The van der Waals surface area contributed by atoms with E-state index in [1.165, 1.54) is 13.3 Å². The van der Waals surface area contributed by atoms with E-state index in [0.29, 0.717) is 47.5 Å². The van der Waals surface area contributed by atoms with E-state index in [1.807, 2.05) is 43.3 Å². The van der Waals surface area contributed by atoms with Gasteiger partial charge in [0, 0.05) is 5.70 Å². The normalized spacial score (nSPS) is 15.2. The number of benzene rings is 3. The van der Waals surface area contributed by atoms with Crippen LogP contribution < -0.4 is 35.0 Å². The van der Waals surface area contributed by atoms with Gasteiger partial charge in [-0.1, -0.05) is 36.4 Å². The third kappa shape index (κ3) is 8.19. The van der Waals surface area contributed by atoms with Crippen molar-refractivity contribution in [3.63, 3.8) is 0 Å². The molecule has 3 aromatic rings. The van der Waals surface area contributed by atoms with E-state index in [2.05, 4.69) is 21.2 Å². The van der Waals surface area contributed by atoms with Crippen molar-refractivity contribution in [2.75, 3.05) is 27.4 Å². The zero-order chi connectivity index (χ0) is 31.5. The summed E-state index contributed by atoms with van der Waals surface area (Å²) in [7, 11) is 2.84. The Morgan fingerprint density at radius 1 is 1.00 bits per heavy atom. The van der Waals surface area contributed by atoms with Gasteiger partial charge in [-0.15, -0.1) is 0 Å². The fraction of sp³-hybridized carbons (Fsp3) is 0.281. The summed E-state index contributed by atoms with van der Waals surface area (Å²) >= 11 is 0. The second kappa shape index (κ2) is 15.3. The van der Waals surface area contributed by atoms with E-state index in [-0.39, 0.29) is 12.2 Å². The van der Waals surface area contributed by atoms with Gasteiger partial charge in [0.2, 0.25) is 0 Å². The van der Waals surface area contributed by atoms with Crippen molar-refractivity contribution in [1.29, 1.82) is 0 Å². The molecule has 0 fully saturated rings. The second-order valence-electron chi connectivity index (χ2n) is 9.60. The molecule has 1 heterocycles. The summed E-state index contributed by atoms with van der Waals surface area (Å²) in [5, 5.41) is 19.9. The minimum Gasteiger partial charge on any atom is -0.493 e. The maximum atomic E-state index is 12.4. The molecule has 0 saturated heterocycles. The Morgan fingerprint density at radius 2 is 1.75 bits per heavy atom. The van der Waals surface area contributed by atoms with Crippen LogP contribution in [0.4, 0.5) is 4.79 Å². The first-order valence-electron chi connectivity index (χ1n) is 13.9. The van der Waals surface area contributed by atoms with Gasteiger partial charge in [-0.05, 0) is 60.9 Å². The predicted molar refractivity (Wildman–Crippen MR) is 163 cm³/mol. The third-order valence-electron chi connectivity index (χ3n) is 6.53. The van der Waals surface area contributed by atoms with Gasteiger partial charge in [0.15, 0.2) is 29.2 Å². The van der Waals surface area contributed by atoms with Crippen LogP contribution in [0.25, 0.3) is 0 Å². The van der Waals surface area contributed by atoms with E-state index in [4.69, 9.17) is 23.7 Å². The molecule has 0 aliphatic carbocycles. The van der Waals surface area contributed by atoms with Crippen LogP contribution >= 0.6 is 0 Å². The summed E-state index contributed by atoms with van der Waals surface area (Å²) in [6.07, 6.45) is 0.394. The summed E-state index contributed by atoms with van der Waals surface area (Å²) in [6, 6.07) is 19.0. The van der Waals surface area contributed by atoms with E-state index in [0.717, 1.165) is 11.1 Å². The number of esters is 1. The Hall–Kier alpha value is -5.23. The predicted octanol–water partition coefficient (Wildman–Crippen LogP) is 3.79. The monoisotopic (exact) mass is 604 g/mol. The highest BCUT2D eigenvalue weighted by molar-refractivity contribution is 5.95. The summed E-state index contributed by atoms with van der Waals surface area (Å²) < 4.78 is 27.8. The molecule has 0 saturated carbocycles. The maximum Gasteiger partial charge on any atom is 0.337 e. The molecule has 4 N–H and O–H groups in total. The largest absolute Gasteiger partial charge is 0.493 e. The molecule has 0 radical (unpaired) electrons. The number of amides is 2. The number of aliphatic hydroxyl groups excluding tert-OH is 1. The fourth-order valence-corrected chi connectivity index (χ4v) is 4.44. The highest BCUT2D eigenvalue weighted by Gasteiger charge is 2.32. The number of nitrogens with zero attached hydrogens (tertiary/aromatic N) is 1. The minimum absolute atomic E-state index is 0.150. The van der Waals surface area contributed by atoms with Crippen LogP contribution in [0, 0.1) is 0 Å². The van der Waals surface area contributed by atoms with Gasteiger partial charge >= 0.3 is 12.0 Å². The first kappa shape index (κ1) is 31.7. The van der Waals surface area contributed by atoms with E-state index >= 15 is 0 Å². The zero-order valence-electron chi connectivity index (χ0n) is 25.0. The topological polar surface area (TPSA) is 149 Å². The smallest absolute Gasteiger partial charge is 0.337 e. The van der Waals surface area contributed by atoms with Crippen molar-refractivity contribution in [2.45, 2.75) is 32.7 Å². The van der Waals surface area contributed by atoms with Crippen LogP contribution in [0.5, 0.6) is 23.0 Å². The van der Waals surface area contributed by atoms with E-state index in [1.54, 1.807) is 44.4 Å². The number of aliphatic hydroxyl groups is 1. The highest BCUT2D eigenvalue weighted by atomic mass is 16.5.